The fourth-order valence-electron chi connectivity index (χ4n) is 3.96. The summed E-state index contributed by atoms with van der Waals surface area (Å²) in [6.45, 7) is 0. The maximum Gasteiger partial charge on any atom is 0.294 e. The molecule has 1 unspecified atom stereocenters. The highest BCUT2D eigenvalue weighted by Crippen LogP contribution is 2.42. The maximum absolute atomic E-state index is 14.0. The van der Waals surface area contributed by atoms with E-state index in [-0.39, 0.29) is 22.8 Å². The number of hydrogen-bond donors (Lipinski definition) is 2. The van der Waals surface area contributed by atoms with Crippen LogP contribution in [0.15, 0.2) is 88.5 Å². The van der Waals surface area contributed by atoms with Gasteiger partial charge in [0, 0.05) is 16.1 Å². The number of aliphatic hydroxyl groups excluding tert-OH is 1. The first kappa shape index (κ1) is 20.8. The molecule has 2 N–H and O–H groups in total. The summed E-state index contributed by atoms with van der Waals surface area (Å²) >= 11 is 6.01. The van der Waals surface area contributed by atoms with Crippen molar-refractivity contribution in [2.45, 2.75) is 6.04 Å². The van der Waals surface area contributed by atoms with Crippen LogP contribution in [0.3, 0.4) is 0 Å². The van der Waals surface area contributed by atoms with Crippen molar-refractivity contribution < 1.29 is 28.6 Å². The number of furan rings is 1. The summed E-state index contributed by atoms with van der Waals surface area (Å²) in [6, 6.07) is 16.3. The molecular weight excluding hydrogens is 449 g/mol. The van der Waals surface area contributed by atoms with E-state index in [1.165, 1.54) is 48.5 Å². The van der Waals surface area contributed by atoms with Crippen molar-refractivity contribution in [1.29, 1.82) is 0 Å². The first-order chi connectivity index (χ1) is 15.8. The fourth-order valence-corrected chi connectivity index (χ4v) is 4.14. The lowest BCUT2D eigenvalue weighted by Crippen LogP contribution is -2.31. The van der Waals surface area contributed by atoms with Crippen LogP contribution in [-0.4, -0.2) is 21.9 Å². The fraction of sp³-hybridized carbons (Fsp3) is 0.0400. The van der Waals surface area contributed by atoms with E-state index < -0.39 is 29.3 Å². The summed E-state index contributed by atoms with van der Waals surface area (Å²) in [5.41, 5.74) is 0.774. The van der Waals surface area contributed by atoms with E-state index in [0.717, 1.165) is 11.0 Å². The van der Waals surface area contributed by atoms with Gasteiger partial charge in [-0.25, -0.2) is 4.39 Å². The van der Waals surface area contributed by atoms with Gasteiger partial charge in [-0.3, -0.25) is 14.5 Å². The van der Waals surface area contributed by atoms with Crippen molar-refractivity contribution in [2.24, 2.45) is 0 Å². The van der Waals surface area contributed by atoms with Gasteiger partial charge < -0.3 is 14.6 Å². The van der Waals surface area contributed by atoms with Crippen molar-refractivity contribution in [1.82, 2.24) is 0 Å². The Labute approximate surface area is 191 Å². The van der Waals surface area contributed by atoms with Gasteiger partial charge in [0.15, 0.2) is 11.5 Å². The quantitative estimate of drug-likeness (QED) is 0.378. The van der Waals surface area contributed by atoms with Gasteiger partial charge in [-0.2, -0.15) is 0 Å². The average Bonchev–Trinajstić information content (AvgIpc) is 3.32. The molecule has 6 nitrogen and oxygen atoms in total. The zero-order valence-corrected chi connectivity index (χ0v) is 17.6. The molecule has 4 aromatic rings. The third-order valence-corrected chi connectivity index (χ3v) is 5.69. The lowest BCUT2D eigenvalue weighted by molar-refractivity contribution is -0.117. The number of phenols is 1. The van der Waals surface area contributed by atoms with Crippen LogP contribution in [0.25, 0.3) is 11.0 Å². The molecule has 8 heteroatoms. The first-order valence-corrected chi connectivity index (χ1v) is 10.3. The number of fused-ring (bicyclic) bond motifs is 1. The Kier molecular flexibility index (Phi) is 4.91. The van der Waals surface area contributed by atoms with Gasteiger partial charge in [0.2, 0.25) is 5.78 Å². The number of nitrogens with zero attached hydrogens (tertiary/aromatic N) is 1. The zero-order chi connectivity index (χ0) is 23.3. The molecule has 1 aromatic heterocycles. The van der Waals surface area contributed by atoms with E-state index in [9.17, 15) is 24.2 Å². The van der Waals surface area contributed by atoms with Crippen LogP contribution in [-0.2, 0) is 4.79 Å². The Bertz CT molecular complexity index is 1460. The highest BCUT2D eigenvalue weighted by Gasteiger charge is 2.45. The molecule has 0 saturated carbocycles. The van der Waals surface area contributed by atoms with Crippen molar-refractivity contribution in [3.8, 4) is 5.75 Å². The summed E-state index contributed by atoms with van der Waals surface area (Å²) < 4.78 is 19.6. The normalized spacial score (nSPS) is 16.1. The van der Waals surface area contributed by atoms with Gasteiger partial charge in [-0.05, 0) is 60.2 Å². The molecule has 0 saturated heterocycles. The number of anilines is 1. The highest BCUT2D eigenvalue weighted by molar-refractivity contribution is 6.31. The van der Waals surface area contributed by atoms with Crippen LogP contribution in [0.5, 0.6) is 5.75 Å². The monoisotopic (exact) mass is 463 g/mol. The number of halogens is 2. The molecular formula is C25H15ClFNO5. The smallest absolute Gasteiger partial charge is 0.294 e. The molecule has 33 heavy (non-hydrogen) atoms. The molecule has 1 amide bonds. The number of amides is 1. The molecule has 164 valence electrons. The number of rotatable bonds is 4. The van der Waals surface area contributed by atoms with Crippen molar-refractivity contribution in [2.75, 3.05) is 4.90 Å². The van der Waals surface area contributed by atoms with E-state index in [1.54, 1.807) is 18.2 Å². The molecule has 1 aliphatic rings. The second kappa shape index (κ2) is 7.79. The number of aliphatic hydroxyl groups is 1. The third kappa shape index (κ3) is 3.52. The molecule has 3 aromatic carbocycles. The molecule has 0 bridgehead atoms. The third-order valence-electron chi connectivity index (χ3n) is 5.45. The van der Waals surface area contributed by atoms with Crippen LogP contribution in [0, 0.1) is 5.82 Å². The van der Waals surface area contributed by atoms with Crippen LogP contribution < -0.4 is 4.90 Å². The number of benzene rings is 3. The van der Waals surface area contributed by atoms with Gasteiger partial charge >= 0.3 is 0 Å². The standard InChI is InChI=1S/C25H15ClFNO5/c26-15-6-9-19-14(10-15)11-20(33-19)23(30)21-22(13-4-7-18(29)8-5-13)28(25(32)24(21)31)17-3-1-2-16(27)12-17/h1-12,22,29,31H. The second-order valence-electron chi connectivity index (χ2n) is 7.53. The minimum absolute atomic E-state index is 0.0179. The van der Waals surface area contributed by atoms with Gasteiger partial charge in [-0.15, -0.1) is 0 Å². The lowest BCUT2D eigenvalue weighted by atomic mass is 9.94. The number of hydrogen-bond acceptors (Lipinski definition) is 5. The Morgan fingerprint density at radius 3 is 2.48 bits per heavy atom. The van der Waals surface area contributed by atoms with Gasteiger partial charge in [0.1, 0.15) is 17.1 Å². The van der Waals surface area contributed by atoms with E-state index >= 15 is 0 Å². The van der Waals surface area contributed by atoms with Crippen LogP contribution in [0.1, 0.15) is 22.2 Å². The molecule has 0 radical (unpaired) electrons. The minimum atomic E-state index is -1.08. The summed E-state index contributed by atoms with van der Waals surface area (Å²) in [5.74, 6) is -3.02. The Balaban J connectivity index is 1.66. The predicted octanol–water partition coefficient (Wildman–Crippen LogP) is 5.71. The number of carbonyl (C=O) groups excluding carboxylic acids is 2. The maximum atomic E-state index is 14.0. The topological polar surface area (TPSA) is 91.0 Å². The second-order valence-corrected chi connectivity index (χ2v) is 7.97. The van der Waals surface area contributed by atoms with E-state index in [2.05, 4.69) is 0 Å². The number of ketones is 1. The number of Topliss-reactive ketones (excluding diaryl/α,β-unsaturated/α-hetero) is 1. The van der Waals surface area contributed by atoms with Crippen LogP contribution >= 0.6 is 11.6 Å². The van der Waals surface area contributed by atoms with E-state index in [0.29, 0.717) is 21.6 Å². The summed E-state index contributed by atoms with van der Waals surface area (Å²) in [6.07, 6.45) is 0. The van der Waals surface area contributed by atoms with Crippen LogP contribution in [0.2, 0.25) is 5.02 Å². The summed E-state index contributed by atoms with van der Waals surface area (Å²) in [7, 11) is 0. The molecule has 1 aliphatic heterocycles. The first-order valence-electron chi connectivity index (χ1n) is 9.88. The molecule has 0 spiro atoms. The van der Waals surface area contributed by atoms with Gasteiger partial charge in [0.05, 0.1) is 11.6 Å². The van der Waals surface area contributed by atoms with Crippen molar-refractivity contribution in [3.63, 3.8) is 0 Å². The highest BCUT2D eigenvalue weighted by atomic mass is 35.5. The predicted molar refractivity (Wildman–Crippen MR) is 120 cm³/mol. The average molecular weight is 464 g/mol. The Hall–Kier alpha value is -4.10. The SMILES string of the molecule is O=C(C1=C(O)C(=O)N(c2cccc(F)c2)C1c1ccc(O)cc1)c1cc2cc(Cl)ccc2o1. The van der Waals surface area contributed by atoms with E-state index in [1.807, 2.05) is 0 Å². The van der Waals surface area contributed by atoms with Gasteiger partial charge in [-0.1, -0.05) is 29.8 Å². The van der Waals surface area contributed by atoms with E-state index in [4.69, 9.17) is 16.0 Å². The Morgan fingerprint density at radius 2 is 1.76 bits per heavy atom. The largest absolute Gasteiger partial charge is 0.508 e. The molecule has 5 rings (SSSR count). The summed E-state index contributed by atoms with van der Waals surface area (Å²) in [4.78, 5) is 27.7. The van der Waals surface area contributed by atoms with Gasteiger partial charge in [0.25, 0.3) is 5.91 Å². The number of phenolic OH excluding ortho intramolecular Hbond substituents is 1. The molecule has 1 atom stereocenters. The van der Waals surface area contributed by atoms with Crippen LogP contribution in [0.4, 0.5) is 10.1 Å². The molecule has 0 fully saturated rings. The molecule has 0 aliphatic carbocycles. The molecule has 2 heterocycles. The Morgan fingerprint density at radius 1 is 1.00 bits per heavy atom. The summed E-state index contributed by atoms with van der Waals surface area (Å²) in [5, 5.41) is 21.5. The number of aromatic hydroxyl groups is 1. The lowest BCUT2D eigenvalue weighted by Gasteiger charge is -2.26. The van der Waals surface area contributed by atoms with Crippen molar-refractivity contribution in [3.05, 3.63) is 106 Å². The zero-order valence-electron chi connectivity index (χ0n) is 16.8. The number of carbonyl (C=O) groups is 2. The minimum Gasteiger partial charge on any atom is -0.508 e. The van der Waals surface area contributed by atoms with Crippen molar-refractivity contribution >= 4 is 39.9 Å².